The normalized spacial score (nSPS) is 12.6. The average molecular weight is 258 g/mol. The van der Waals surface area contributed by atoms with Crippen molar-refractivity contribution in [2.24, 2.45) is 5.92 Å². The number of ether oxygens (including phenoxy) is 1. The first-order chi connectivity index (χ1) is 8.49. The maximum atomic E-state index is 12.4. The molecule has 0 aliphatic carbocycles. The van der Waals surface area contributed by atoms with Crippen LogP contribution in [0.4, 0.5) is 18.9 Å². The quantitative estimate of drug-likeness (QED) is 0.882. The fourth-order valence-electron chi connectivity index (χ4n) is 1.34. The van der Waals surface area contributed by atoms with Crippen LogP contribution in [0.15, 0.2) is 24.3 Å². The molecule has 0 saturated carbocycles. The summed E-state index contributed by atoms with van der Waals surface area (Å²) < 4.78 is 42.4. The molecule has 1 aromatic carbocycles. The van der Waals surface area contributed by atoms with E-state index in [1.165, 1.54) is 6.07 Å². The van der Waals surface area contributed by atoms with Gasteiger partial charge in [0.25, 0.3) is 0 Å². The summed E-state index contributed by atoms with van der Waals surface area (Å²) in [4.78, 5) is 0. The Bertz CT molecular complexity index is 426. The lowest BCUT2D eigenvalue weighted by Crippen LogP contribution is -2.28. The van der Waals surface area contributed by atoms with E-state index in [0.717, 1.165) is 0 Å². The highest BCUT2D eigenvalue weighted by atomic mass is 19.4. The van der Waals surface area contributed by atoms with Crippen LogP contribution in [0.3, 0.4) is 0 Å². The van der Waals surface area contributed by atoms with Gasteiger partial charge in [-0.2, -0.15) is 18.4 Å². The Hall–Kier alpha value is -1.90. The van der Waals surface area contributed by atoms with E-state index in [2.05, 4.69) is 5.32 Å². The van der Waals surface area contributed by atoms with E-state index in [9.17, 15) is 13.2 Å². The zero-order chi connectivity index (χ0) is 13.6. The van der Waals surface area contributed by atoms with Crippen molar-refractivity contribution in [1.29, 1.82) is 5.26 Å². The maximum Gasteiger partial charge on any atom is 0.406 e. The van der Waals surface area contributed by atoms with Gasteiger partial charge in [0.05, 0.1) is 18.4 Å². The van der Waals surface area contributed by atoms with Crippen molar-refractivity contribution in [3.8, 4) is 11.8 Å². The monoisotopic (exact) mass is 258 g/mol. The molecule has 6 heteroatoms. The molecule has 0 saturated heterocycles. The van der Waals surface area contributed by atoms with Crippen molar-refractivity contribution in [2.75, 3.05) is 18.5 Å². The van der Waals surface area contributed by atoms with Gasteiger partial charge in [0.15, 0.2) is 5.92 Å². The topological polar surface area (TPSA) is 45.0 Å². The van der Waals surface area contributed by atoms with E-state index in [0.29, 0.717) is 18.0 Å². The van der Waals surface area contributed by atoms with Crippen LogP contribution in [0, 0.1) is 17.2 Å². The molecule has 0 heterocycles. The molecule has 98 valence electrons. The summed E-state index contributed by atoms with van der Waals surface area (Å²) in [5.74, 6) is -1.56. The molecular weight excluding hydrogens is 245 g/mol. The highest BCUT2D eigenvalue weighted by Gasteiger charge is 2.39. The Morgan fingerprint density at radius 3 is 2.61 bits per heavy atom. The number of hydrogen-bond acceptors (Lipinski definition) is 3. The number of anilines is 1. The third kappa shape index (κ3) is 3.84. The van der Waals surface area contributed by atoms with E-state index in [-0.39, 0.29) is 0 Å². The van der Waals surface area contributed by atoms with Crippen LogP contribution in [-0.4, -0.2) is 19.3 Å². The van der Waals surface area contributed by atoms with Crippen molar-refractivity contribution in [3.63, 3.8) is 0 Å². The zero-order valence-corrected chi connectivity index (χ0v) is 9.79. The molecule has 3 nitrogen and oxygen atoms in total. The molecule has 0 radical (unpaired) electrons. The second-order valence-electron chi connectivity index (χ2n) is 3.53. The fourth-order valence-corrected chi connectivity index (χ4v) is 1.34. The van der Waals surface area contributed by atoms with Crippen molar-refractivity contribution >= 4 is 5.69 Å². The van der Waals surface area contributed by atoms with Gasteiger partial charge in [-0.25, -0.2) is 0 Å². The van der Waals surface area contributed by atoms with E-state index in [1.807, 2.05) is 0 Å². The summed E-state index contributed by atoms with van der Waals surface area (Å²) in [6.45, 7) is 1.70. The number of nitrogens with one attached hydrogen (secondary N) is 1. The lowest BCUT2D eigenvalue weighted by atomic mass is 10.1. The third-order valence-electron chi connectivity index (χ3n) is 2.23. The standard InChI is InChI=1S/C12H13F3N2O/c1-2-18-11-6-4-3-5-10(11)17-8-9(7-16)12(13,14)15/h3-6,9,17H,2,8H2,1H3. The van der Waals surface area contributed by atoms with Crippen molar-refractivity contribution < 1.29 is 17.9 Å². The van der Waals surface area contributed by atoms with Gasteiger partial charge in [-0.1, -0.05) is 12.1 Å². The number of alkyl halides is 3. The zero-order valence-electron chi connectivity index (χ0n) is 9.79. The second-order valence-corrected chi connectivity index (χ2v) is 3.53. The maximum absolute atomic E-state index is 12.4. The highest BCUT2D eigenvalue weighted by Crippen LogP contribution is 2.28. The molecule has 1 atom stereocenters. The summed E-state index contributed by atoms with van der Waals surface area (Å²) in [5, 5.41) is 11.1. The summed E-state index contributed by atoms with van der Waals surface area (Å²) in [6.07, 6.45) is -4.53. The van der Waals surface area contributed by atoms with Gasteiger partial charge < -0.3 is 10.1 Å². The highest BCUT2D eigenvalue weighted by molar-refractivity contribution is 5.56. The summed E-state index contributed by atoms with van der Waals surface area (Å²) in [7, 11) is 0. The van der Waals surface area contributed by atoms with Crippen LogP contribution >= 0.6 is 0 Å². The fraction of sp³-hybridized carbons (Fsp3) is 0.417. The number of halogens is 3. The lowest BCUT2D eigenvalue weighted by molar-refractivity contribution is -0.155. The van der Waals surface area contributed by atoms with Crippen LogP contribution in [0.5, 0.6) is 5.75 Å². The Kier molecular flexibility index (Phi) is 4.84. The molecular formula is C12H13F3N2O. The van der Waals surface area contributed by atoms with Crippen LogP contribution in [0.1, 0.15) is 6.92 Å². The van der Waals surface area contributed by atoms with Gasteiger partial charge in [0.1, 0.15) is 5.75 Å². The summed E-state index contributed by atoms with van der Waals surface area (Å²) in [5.41, 5.74) is 0.448. The molecule has 18 heavy (non-hydrogen) atoms. The first kappa shape index (κ1) is 14.2. The van der Waals surface area contributed by atoms with Crippen molar-refractivity contribution in [1.82, 2.24) is 0 Å². The number of hydrogen-bond donors (Lipinski definition) is 1. The molecule has 0 fully saturated rings. The molecule has 1 rings (SSSR count). The van der Waals surface area contributed by atoms with Crippen molar-refractivity contribution in [3.05, 3.63) is 24.3 Å². The van der Waals surface area contributed by atoms with Gasteiger partial charge in [-0.15, -0.1) is 0 Å². The molecule has 0 aliphatic rings. The number of benzene rings is 1. The molecule has 1 unspecified atom stereocenters. The van der Waals surface area contributed by atoms with Gasteiger partial charge in [0, 0.05) is 6.54 Å². The molecule has 0 bridgehead atoms. The predicted molar refractivity (Wildman–Crippen MR) is 61.3 cm³/mol. The number of para-hydroxylation sites is 2. The van der Waals surface area contributed by atoms with Gasteiger partial charge >= 0.3 is 6.18 Å². The Labute approximate surface area is 103 Å². The van der Waals surface area contributed by atoms with Gasteiger partial charge in [-0.3, -0.25) is 0 Å². The van der Waals surface area contributed by atoms with Gasteiger partial charge in [0.2, 0.25) is 0 Å². The molecule has 0 aliphatic heterocycles. The van der Waals surface area contributed by atoms with Crippen LogP contribution < -0.4 is 10.1 Å². The number of nitrogens with zero attached hydrogens (tertiary/aromatic N) is 1. The number of rotatable bonds is 5. The Morgan fingerprint density at radius 1 is 1.39 bits per heavy atom. The third-order valence-corrected chi connectivity index (χ3v) is 2.23. The lowest BCUT2D eigenvalue weighted by Gasteiger charge is -2.16. The second kappa shape index (κ2) is 6.15. The first-order valence-corrected chi connectivity index (χ1v) is 5.41. The predicted octanol–water partition coefficient (Wildman–Crippen LogP) is 3.20. The van der Waals surface area contributed by atoms with Crippen LogP contribution in [-0.2, 0) is 0 Å². The van der Waals surface area contributed by atoms with Crippen LogP contribution in [0.2, 0.25) is 0 Å². The first-order valence-electron chi connectivity index (χ1n) is 5.41. The van der Waals surface area contributed by atoms with E-state index >= 15 is 0 Å². The van der Waals surface area contributed by atoms with Gasteiger partial charge in [-0.05, 0) is 19.1 Å². The average Bonchev–Trinajstić information content (AvgIpc) is 2.30. The van der Waals surface area contributed by atoms with E-state index in [4.69, 9.17) is 10.00 Å². The summed E-state index contributed by atoms with van der Waals surface area (Å²) >= 11 is 0. The molecule has 0 spiro atoms. The Balaban J connectivity index is 2.71. The van der Waals surface area contributed by atoms with Crippen molar-refractivity contribution in [2.45, 2.75) is 13.1 Å². The van der Waals surface area contributed by atoms with E-state index in [1.54, 1.807) is 31.2 Å². The minimum atomic E-state index is -4.53. The minimum absolute atomic E-state index is 0.416. The van der Waals surface area contributed by atoms with Crippen LogP contribution in [0.25, 0.3) is 0 Å². The smallest absolute Gasteiger partial charge is 0.406 e. The minimum Gasteiger partial charge on any atom is -0.492 e. The summed E-state index contributed by atoms with van der Waals surface area (Å²) in [6, 6.07) is 7.90. The Morgan fingerprint density at radius 2 is 2.06 bits per heavy atom. The largest absolute Gasteiger partial charge is 0.492 e. The van der Waals surface area contributed by atoms with E-state index < -0.39 is 18.6 Å². The molecule has 1 aromatic rings. The molecule has 1 N–H and O–H groups in total. The molecule has 0 amide bonds. The molecule has 0 aromatic heterocycles. The SMILES string of the molecule is CCOc1ccccc1NCC(C#N)C(F)(F)F. The number of nitriles is 1.